The average molecular weight is 442 g/mol. The van der Waals surface area contributed by atoms with E-state index in [0.29, 0.717) is 32.5 Å². The van der Waals surface area contributed by atoms with Crippen molar-refractivity contribution in [1.82, 2.24) is 14.9 Å². The van der Waals surface area contributed by atoms with Crippen molar-refractivity contribution in [3.05, 3.63) is 35.6 Å². The Balaban J connectivity index is 2.13. The largest absolute Gasteiger partial charge is 0.354 e. The summed E-state index contributed by atoms with van der Waals surface area (Å²) in [4.78, 5) is 25.5. The van der Waals surface area contributed by atoms with Gasteiger partial charge in [-0.15, -0.1) is 0 Å². The maximum absolute atomic E-state index is 13.1. The van der Waals surface area contributed by atoms with E-state index in [1.807, 2.05) is 13.8 Å². The molecule has 30 heavy (non-hydrogen) atoms. The number of hydrogen-bond acceptors (Lipinski definition) is 4. The minimum Gasteiger partial charge on any atom is -0.354 e. The molecule has 1 atom stereocenters. The first-order chi connectivity index (χ1) is 14.0. The second-order valence-corrected chi connectivity index (χ2v) is 10.9. The molecule has 1 heterocycles. The second kappa shape index (κ2) is 10.3. The molecule has 1 saturated heterocycles. The minimum atomic E-state index is -3.35. The minimum absolute atomic E-state index is 0.194. The zero-order valence-corrected chi connectivity index (χ0v) is 18.8. The van der Waals surface area contributed by atoms with Gasteiger partial charge >= 0.3 is 0 Å². The maximum Gasteiger partial charge on any atom is 0.251 e. The summed E-state index contributed by atoms with van der Waals surface area (Å²) in [6.45, 7) is 8.34. The predicted octanol–water partition coefficient (Wildman–Crippen LogP) is 2.15. The van der Waals surface area contributed by atoms with Gasteiger partial charge in [0.25, 0.3) is 5.91 Å². The third-order valence-corrected chi connectivity index (χ3v) is 7.56. The molecule has 0 spiro atoms. The molecule has 0 aromatic heterocycles. The van der Waals surface area contributed by atoms with E-state index in [9.17, 15) is 22.4 Å². The van der Waals surface area contributed by atoms with E-state index in [2.05, 4.69) is 10.6 Å². The van der Waals surface area contributed by atoms with Gasteiger partial charge in [-0.25, -0.2) is 17.1 Å². The molecule has 0 saturated carbocycles. The number of sulfonamides is 1. The first kappa shape index (κ1) is 24.3. The number of piperidine rings is 1. The molecular weight excluding hydrogens is 409 g/mol. The van der Waals surface area contributed by atoms with Crippen LogP contribution < -0.4 is 10.6 Å². The Morgan fingerprint density at radius 3 is 2.17 bits per heavy atom. The van der Waals surface area contributed by atoms with Crippen molar-refractivity contribution >= 4 is 21.8 Å². The van der Waals surface area contributed by atoms with Gasteiger partial charge in [-0.3, -0.25) is 9.59 Å². The van der Waals surface area contributed by atoms with Crippen LogP contribution in [-0.4, -0.2) is 55.5 Å². The van der Waals surface area contributed by atoms with Gasteiger partial charge < -0.3 is 10.6 Å². The molecule has 1 aromatic carbocycles. The van der Waals surface area contributed by atoms with Crippen molar-refractivity contribution in [3.8, 4) is 0 Å². The van der Waals surface area contributed by atoms with E-state index in [1.165, 1.54) is 28.6 Å². The van der Waals surface area contributed by atoms with Crippen LogP contribution in [0.4, 0.5) is 4.39 Å². The van der Waals surface area contributed by atoms with Crippen molar-refractivity contribution in [2.45, 2.75) is 51.8 Å². The Labute approximate surface area is 178 Å². The number of carbonyl (C=O) groups is 2. The zero-order valence-electron chi connectivity index (χ0n) is 18.0. The van der Waals surface area contributed by atoms with Crippen LogP contribution in [0, 0.1) is 17.7 Å². The van der Waals surface area contributed by atoms with Crippen LogP contribution in [0.15, 0.2) is 24.3 Å². The summed E-state index contributed by atoms with van der Waals surface area (Å²) in [7, 11) is -3.35. The number of rotatable bonds is 8. The topological polar surface area (TPSA) is 95.6 Å². The average Bonchev–Trinajstić information content (AvgIpc) is 2.70. The lowest BCUT2D eigenvalue weighted by molar-refractivity contribution is -0.124. The third kappa shape index (κ3) is 6.25. The van der Waals surface area contributed by atoms with Crippen LogP contribution in [0.5, 0.6) is 0 Å². The molecule has 2 N–H and O–H groups in total. The molecule has 9 heteroatoms. The number of benzene rings is 1. The Morgan fingerprint density at radius 2 is 1.67 bits per heavy atom. The van der Waals surface area contributed by atoms with Gasteiger partial charge in [0.15, 0.2) is 0 Å². The highest BCUT2D eigenvalue weighted by atomic mass is 32.2. The van der Waals surface area contributed by atoms with E-state index in [1.54, 1.807) is 13.8 Å². The van der Waals surface area contributed by atoms with Gasteiger partial charge in [-0.2, -0.15) is 0 Å². The fourth-order valence-electron chi connectivity index (χ4n) is 3.40. The monoisotopic (exact) mass is 441 g/mol. The Kier molecular flexibility index (Phi) is 8.37. The smallest absolute Gasteiger partial charge is 0.251 e. The Bertz CT molecular complexity index is 832. The second-order valence-electron chi connectivity index (χ2n) is 8.43. The fraction of sp³-hybridized carbons (Fsp3) is 0.619. The summed E-state index contributed by atoms with van der Waals surface area (Å²) < 4.78 is 39.4. The van der Waals surface area contributed by atoms with Crippen LogP contribution >= 0.6 is 0 Å². The van der Waals surface area contributed by atoms with Crippen molar-refractivity contribution in [1.29, 1.82) is 0 Å². The summed E-state index contributed by atoms with van der Waals surface area (Å²) in [5, 5.41) is 5.14. The molecule has 1 fully saturated rings. The molecule has 2 rings (SSSR count). The van der Waals surface area contributed by atoms with Crippen molar-refractivity contribution < 1.29 is 22.4 Å². The molecule has 1 unspecified atom stereocenters. The van der Waals surface area contributed by atoms with E-state index in [4.69, 9.17) is 0 Å². The quantitative estimate of drug-likeness (QED) is 0.646. The van der Waals surface area contributed by atoms with E-state index in [-0.39, 0.29) is 23.3 Å². The van der Waals surface area contributed by atoms with E-state index in [0.717, 1.165) is 0 Å². The van der Waals surface area contributed by atoms with Crippen molar-refractivity contribution in [2.75, 3.05) is 19.6 Å². The van der Waals surface area contributed by atoms with Crippen LogP contribution in [0.2, 0.25) is 0 Å². The lowest BCUT2D eigenvalue weighted by atomic mass is 9.89. The molecule has 0 radical (unpaired) electrons. The van der Waals surface area contributed by atoms with E-state index >= 15 is 0 Å². The highest BCUT2D eigenvalue weighted by Crippen LogP contribution is 2.25. The predicted molar refractivity (Wildman–Crippen MR) is 114 cm³/mol. The number of hydrogen-bond donors (Lipinski definition) is 2. The van der Waals surface area contributed by atoms with Gasteiger partial charge in [-0.05, 0) is 62.8 Å². The lowest BCUT2D eigenvalue weighted by Gasteiger charge is -2.36. The van der Waals surface area contributed by atoms with Gasteiger partial charge in [0.05, 0.1) is 5.25 Å². The molecule has 1 aliphatic heterocycles. The lowest BCUT2D eigenvalue weighted by Crippen LogP contribution is -2.54. The summed E-state index contributed by atoms with van der Waals surface area (Å²) in [5.74, 6) is -1.14. The van der Waals surface area contributed by atoms with Gasteiger partial charge in [0.2, 0.25) is 15.9 Å². The van der Waals surface area contributed by atoms with Gasteiger partial charge in [0.1, 0.15) is 11.9 Å². The molecular formula is C21H32FN3O4S. The van der Waals surface area contributed by atoms with Crippen molar-refractivity contribution in [2.24, 2.45) is 11.8 Å². The fourth-order valence-corrected chi connectivity index (χ4v) is 4.72. The summed E-state index contributed by atoms with van der Waals surface area (Å²) in [5.41, 5.74) is 0.262. The molecule has 2 amide bonds. The zero-order chi connectivity index (χ0) is 22.5. The molecule has 1 aliphatic rings. The number of carbonyl (C=O) groups excluding carboxylic acids is 2. The van der Waals surface area contributed by atoms with Crippen LogP contribution in [0.25, 0.3) is 0 Å². The first-order valence-electron chi connectivity index (χ1n) is 10.4. The summed E-state index contributed by atoms with van der Waals surface area (Å²) in [6, 6.07) is 4.33. The molecule has 0 bridgehead atoms. The normalized spacial score (nSPS) is 17.2. The molecule has 1 aromatic rings. The summed E-state index contributed by atoms with van der Waals surface area (Å²) >= 11 is 0. The number of nitrogens with one attached hydrogen (secondary N) is 2. The maximum atomic E-state index is 13.1. The van der Waals surface area contributed by atoms with Gasteiger partial charge in [-0.1, -0.05) is 13.8 Å². The third-order valence-electron chi connectivity index (χ3n) is 5.29. The summed E-state index contributed by atoms with van der Waals surface area (Å²) in [6.07, 6.45) is 0.935. The highest BCUT2D eigenvalue weighted by molar-refractivity contribution is 7.89. The van der Waals surface area contributed by atoms with Crippen LogP contribution in [0.3, 0.4) is 0 Å². The van der Waals surface area contributed by atoms with E-state index < -0.39 is 33.0 Å². The number of nitrogens with zero attached hydrogens (tertiary/aromatic N) is 1. The Morgan fingerprint density at radius 1 is 1.10 bits per heavy atom. The first-order valence-corrected chi connectivity index (χ1v) is 11.9. The standard InChI is InChI=1S/C21H32FN3O4S/c1-14(2)13-23-21(27)19(24-20(26)17-5-7-18(22)8-6-17)16-9-11-25(12-10-16)30(28,29)15(3)4/h5-8,14-16,19H,9-13H2,1-4H3,(H,23,27)(H,24,26). The molecule has 0 aliphatic carbocycles. The highest BCUT2D eigenvalue weighted by Gasteiger charge is 2.36. The van der Waals surface area contributed by atoms with Crippen LogP contribution in [0.1, 0.15) is 50.9 Å². The molecule has 7 nitrogen and oxygen atoms in total. The van der Waals surface area contributed by atoms with Crippen LogP contribution in [-0.2, 0) is 14.8 Å². The number of halogens is 1. The number of amides is 2. The Hall–Kier alpha value is -2.00. The van der Waals surface area contributed by atoms with Crippen molar-refractivity contribution in [3.63, 3.8) is 0 Å². The molecule has 168 valence electrons. The SMILES string of the molecule is CC(C)CNC(=O)C(NC(=O)c1ccc(F)cc1)C1CCN(S(=O)(=O)C(C)C)CC1. The van der Waals surface area contributed by atoms with Gasteiger partial charge in [0, 0.05) is 25.2 Å².